The minimum absolute atomic E-state index is 0. The smallest absolute Gasteiger partial charge is 0.0998 e. The molecule has 0 fully saturated rings. The molecule has 0 nitrogen and oxygen atoms in total. The van der Waals surface area contributed by atoms with Crippen LogP contribution in [0.25, 0.3) is 0 Å². The topological polar surface area (TPSA) is 0 Å². The standard InChI is InChI=1S/C23H24P.BrH/c1-2-3-19-24(22-15-9-5-10-16-22,23-17-11-6-12-18-23)20-21-13-7-4-8-14-21;/h2-18H,19-20H2,1H3;1H/q+1;/p-1. The van der Waals surface area contributed by atoms with Crippen LogP contribution in [-0.2, 0) is 6.16 Å². The summed E-state index contributed by atoms with van der Waals surface area (Å²) < 4.78 is 0. The van der Waals surface area contributed by atoms with Gasteiger partial charge in [-0.2, -0.15) is 0 Å². The highest BCUT2D eigenvalue weighted by Gasteiger charge is 2.41. The number of halogens is 1. The number of hydrogen-bond donors (Lipinski definition) is 0. The summed E-state index contributed by atoms with van der Waals surface area (Å²) in [6.45, 7) is 2.12. The van der Waals surface area contributed by atoms with E-state index in [2.05, 4.69) is 110 Å². The molecule has 3 aromatic carbocycles. The minimum atomic E-state index is -1.53. The molecule has 128 valence electrons. The third kappa shape index (κ3) is 4.69. The lowest BCUT2D eigenvalue weighted by Gasteiger charge is -2.27. The van der Waals surface area contributed by atoms with Crippen molar-refractivity contribution >= 4 is 17.9 Å². The Kier molecular flexibility index (Phi) is 7.62. The van der Waals surface area contributed by atoms with Gasteiger partial charge in [0.25, 0.3) is 0 Å². The second-order valence-corrected chi connectivity index (χ2v) is 9.68. The first kappa shape index (κ1) is 19.6. The summed E-state index contributed by atoms with van der Waals surface area (Å²) in [6, 6.07) is 33.1. The lowest BCUT2D eigenvalue weighted by molar-refractivity contribution is -0.00000481. The molecule has 3 rings (SSSR count). The van der Waals surface area contributed by atoms with E-state index in [4.69, 9.17) is 0 Å². The number of hydrogen-bond acceptors (Lipinski definition) is 0. The molecule has 0 aliphatic heterocycles. The fourth-order valence-corrected chi connectivity index (χ4v) is 7.32. The molecule has 0 radical (unpaired) electrons. The van der Waals surface area contributed by atoms with Crippen molar-refractivity contribution in [2.75, 3.05) is 6.16 Å². The van der Waals surface area contributed by atoms with Crippen molar-refractivity contribution in [3.8, 4) is 0 Å². The van der Waals surface area contributed by atoms with E-state index in [1.54, 1.807) is 0 Å². The molecular formula is C23H24BrP. The molecule has 0 aliphatic carbocycles. The van der Waals surface area contributed by atoms with Crippen molar-refractivity contribution in [2.45, 2.75) is 13.1 Å². The van der Waals surface area contributed by atoms with Crippen molar-refractivity contribution in [2.24, 2.45) is 0 Å². The van der Waals surface area contributed by atoms with Gasteiger partial charge >= 0.3 is 0 Å². The molecule has 25 heavy (non-hydrogen) atoms. The normalized spacial score (nSPS) is 11.2. The lowest BCUT2D eigenvalue weighted by atomic mass is 10.2. The molecular weight excluding hydrogens is 387 g/mol. The van der Waals surface area contributed by atoms with Crippen LogP contribution < -0.4 is 27.6 Å². The zero-order valence-corrected chi connectivity index (χ0v) is 17.0. The van der Waals surface area contributed by atoms with E-state index in [9.17, 15) is 0 Å². The molecule has 0 bridgehead atoms. The molecule has 0 spiro atoms. The Morgan fingerprint density at radius 1 is 0.680 bits per heavy atom. The Balaban J connectivity index is 0.00000225. The predicted octanol–water partition coefficient (Wildman–Crippen LogP) is 2.44. The predicted molar refractivity (Wildman–Crippen MR) is 109 cm³/mol. The average molecular weight is 411 g/mol. The SMILES string of the molecule is CC=CC[P+](Cc1ccccc1)(c1ccccc1)c1ccccc1.[Br-]. The van der Waals surface area contributed by atoms with E-state index in [-0.39, 0.29) is 17.0 Å². The van der Waals surface area contributed by atoms with Crippen LogP contribution in [0.3, 0.4) is 0 Å². The largest absolute Gasteiger partial charge is 1.00 e. The number of allylic oxidation sites excluding steroid dienone is 2. The summed E-state index contributed by atoms with van der Waals surface area (Å²) in [4.78, 5) is 0. The van der Waals surface area contributed by atoms with Gasteiger partial charge in [0.2, 0.25) is 0 Å². The maximum Gasteiger partial charge on any atom is 0.0998 e. The fourth-order valence-electron chi connectivity index (χ4n) is 3.21. The lowest BCUT2D eigenvalue weighted by Crippen LogP contribution is -3.00. The van der Waals surface area contributed by atoms with Crippen LogP contribution in [0, 0.1) is 0 Å². The van der Waals surface area contributed by atoms with Crippen molar-refractivity contribution in [1.29, 1.82) is 0 Å². The highest BCUT2D eigenvalue weighted by atomic mass is 79.9. The second-order valence-electron chi connectivity index (χ2n) is 6.03. The van der Waals surface area contributed by atoms with Gasteiger partial charge in [-0.15, -0.1) is 0 Å². The van der Waals surface area contributed by atoms with Gasteiger partial charge in [0.15, 0.2) is 0 Å². The summed E-state index contributed by atoms with van der Waals surface area (Å²) in [5, 5.41) is 2.97. The number of benzene rings is 3. The molecule has 0 aromatic heterocycles. The van der Waals surface area contributed by atoms with Gasteiger partial charge in [-0.1, -0.05) is 78.9 Å². The first-order chi connectivity index (χ1) is 11.8. The van der Waals surface area contributed by atoms with Crippen molar-refractivity contribution in [3.05, 3.63) is 109 Å². The van der Waals surface area contributed by atoms with E-state index in [0.717, 1.165) is 12.3 Å². The summed E-state index contributed by atoms with van der Waals surface area (Å²) in [7, 11) is -1.53. The van der Waals surface area contributed by atoms with Crippen LogP contribution in [0.2, 0.25) is 0 Å². The van der Waals surface area contributed by atoms with Crippen LogP contribution in [0.4, 0.5) is 0 Å². The zero-order chi connectivity index (χ0) is 16.7. The van der Waals surface area contributed by atoms with E-state index in [0.29, 0.717) is 0 Å². The van der Waals surface area contributed by atoms with Gasteiger partial charge in [0.05, 0.1) is 30.2 Å². The summed E-state index contributed by atoms with van der Waals surface area (Å²) in [5.41, 5.74) is 1.42. The molecule has 2 heteroatoms. The quantitative estimate of drug-likeness (QED) is 0.432. The van der Waals surface area contributed by atoms with Gasteiger partial charge in [-0.25, -0.2) is 0 Å². The van der Waals surface area contributed by atoms with Crippen LogP contribution in [0.5, 0.6) is 0 Å². The average Bonchev–Trinajstić information content (AvgIpc) is 2.67. The van der Waals surface area contributed by atoms with Gasteiger partial charge in [0, 0.05) is 0 Å². The Bertz CT molecular complexity index is 727. The van der Waals surface area contributed by atoms with Crippen molar-refractivity contribution < 1.29 is 17.0 Å². The Morgan fingerprint density at radius 2 is 1.12 bits per heavy atom. The minimum Gasteiger partial charge on any atom is -1.00 e. The van der Waals surface area contributed by atoms with E-state index in [1.807, 2.05) is 0 Å². The molecule has 0 heterocycles. The van der Waals surface area contributed by atoms with Gasteiger partial charge in [-0.05, 0) is 36.8 Å². The fraction of sp³-hybridized carbons (Fsp3) is 0.130. The monoisotopic (exact) mass is 410 g/mol. The molecule has 0 N–H and O–H groups in total. The molecule has 0 saturated heterocycles. The zero-order valence-electron chi connectivity index (χ0n) is 14.6. The van der Waals surface area contributed by atoms with Gasteiger partial charge < -0.3 is 17.0 Å². The van der Waals surface area contributed by atoms with Gasteiger partial charge in [-0.3, -0.25) is 0 Å². The molecule has 3 aromatic rings. The van der Waals surface area contributed by atoms with Crippen molar-refractivity contribution in [3.63, 3.8) is 0 Å². The van der Waals surface area contributed by atoms with Crippen LogP contribution in [0.1, 0.15) is 12.5 Å². The second kappa shape index (κ2) is 9.70. The van der Waals surface area contributed by atoms with E-state index < -0.39 is 7.26 Å². The van der Waals surface area contributed by atoms with Gasteiger partial charge in [0.1, 0.15) is 0 Å². The maximum absolute atomic E-state index is 2.34. The highest BCUT2D eigenvalue weighted by Crippen LogP contribution is 2.59. The Hall–Kier alpha value is -1.69. The van der Waals surface area contributed by atoms with E-state index in [1.165, 1.54) is 16.2 Å². The summed E-state index contributed by atoms with van der Waals surface area (Å²) in [5.74, 6) is 0. The summed E-state index contributed by atoms with van der Waals surface area (Å²) in [6.07, 6.45) is 6.74. The molecule has 0 aliphatic rings. The van der Waals surface area contributed by atoms with Crippen LogP contribution in [0.15, 0.2) is 103 Å². The van der Waals surface area contributed by atoms with Crippen LogP contribution in [-0.4, -0.2) is 6.16 Å². The maximum atomic E-state index is 2.34. The first-order valence-corrected chi connectivity index (χ1v) is 10.6. The molecule has 0 amide bonds. The first-order valence-electron chi connectivity index (χ1n) is 8.48. The third-order valence-electron chi connectivity index (χ3n) is 4.45. The van der Waals surface area contributed by atoms with Crippen molar-refractivity contribution in [1.82, 2.24) is 0 Å². The Labute approximate surface area is 162 Å². The molecule has 0 unspecified atom stereocenters. The third-order valence-corrected chi connectivity index (χ3v) is 8.76. The molecule has 0 atom stereocenters. The van der Waals surface area contributed by atoms with E-state index >= 15 is 0 Å². The number of rotatable bonds is 6. The van der Waals surface area contributed by atoms with Crippen LogP contribution >= 0.6 is 7.26 Å². The summed E-state index contributed by atoms with van der Waals surface area (Å²) >= 11 is 0. The molecule has 0 saturated carbocycles. The Morgan fingerprint density at radius 3 is 1.56 bits per heavy atom. The highest BCUT2D eigenvalue weighted by molar-refractivity contribution is 7.89.